The summed E-state index contributed by atoms with van der Waals surface area (Å²) in [5.41, 5.74) is 4.56. The number of hydrogen-bond acceptors (Lipinski definition) is 5. The molecular formula is C23H28NO5+. The molecule has 2 N–H and O–H groups in total. The van der Waals surface area contributed by atoms with Gasteiger partial charge in [-0.25, -0.2) is 0 Å². The van der Waals surface area contributed by atoms with Crippen LogP contribution in [0.2, 0.25) is 0 Å². The van der Waals surface area contributed by atoms with E-state index < -0.39 is 0 Å². The fourth-order valence-corrected chi connectivity index (χ4v) is 4.61. The van der Waals surface area contributed by atoms with Crippen molar-refractivity contribution < 1.29 is 29.0 Å². The van der Waals surface area contributed by atoms with Crippen LogP contribution in [0.25, 0.3) is 0 Å². The zero-order chi connectivity index (χ0) is 20.6. The number of benzene rings is 2. The summed E-state index contributed by atoms with van der Waals surface area (Å²) in [6, 6.07) is 9.45. The molecule has 0 amide bonds. The Bertz CT molecular complexity index is 937. The van der Waals surface area contributed by atoms with E-state index >= 15 is 0 Å². The molecule has 0 aliphatic carbocycles. The Morgan fingerprint density at radius 2 is 1.90 bits per heavy atom. The summed E-state index contributed by atoms with van der Waals surface area (Å²) in [5.74, 6) is 1.41. The van der Waals surface area contributed by atoms with E-state index in [1.807, 2.05) is 30.3 Å². The van der Waals surface area contributed by atoms with Gasteiger partial charge in [0.25, 0.3) is 0 Å². The Morgan fingerprint density at radius 3 is 2.62 bits per heavy atom. The number of carbonyl (C=O) groups excluding carboxylic acids is 1. The van der Waals surface area contributed by atoms with Crippen LogP contribution < -0.4 is 9.47 Å². The summed E-state index contributed by atoms with van der Waals surface area (Å²) in [4.78, 5) is 13.1. The van der Waals surface area contributed by atoms with E-state index in [1.54, 1.807) is 0 Å². The van der Waals surface area contributed by atoms with Crippen LogP contribution in [0.3, 0.4) is 0 Å². The number of quaternary nitrogens is 1. The van der Waals surface area contributed by atoms with Gasteiger partial charge >= 0.3 is 0 Å². The second-order valence-corrected chi connectivity index (χ2v) is 8.43. The molecule has 29 heavy (non-hydrogen) atoms. The third-order valence-electron chi connectivity index (χ3n) is 6.28. The van der Waals surface area contributed by atoms with Crippen LogP contribution in [-0.2, 0) is 30.8 Å². The lowest BCUT2D eigenvalue weighted by molar-refractivity contribution is -0.922. The van der Waals surface area contributed by atoms with Gasteiger partial charge in [0.05, 0.1) is 40.3 Å². The molecule has 0 fully saturated rings. The molecule has 2 aromatic rings. The van der Waals surface area contributed by atoms with Crippen LogP contribution in [0.15, 0.2) is 30.3 Å². The number of hydrogen-bond donors (Lipinski definition) is 2. The highest BCUT2D eigenvalue weighted by molar-refractivity contribution is 5.82. The molecule has 4 rings (SSSR count). The molecule has 0 radical (unpaired) electrons. The number of ether oxygens (including phenoxy) is 2. The van der Waals surface area contributed by atoms with Crippen LogP contribution >= 0.6 is 0 Å². The summed E-state index contributed by atoms with van der Waals surface area (Å²) in [6.07, 6.45) is 1.53. The molecule has 0 bridgehead atoms. The first kappa shape index (κ1) is 19.9. The second-order valence-electron chi connectivity index (χ2n) is 8.43. The lowest BCUT2D eigenvalue weighted by atomic mass is 9.83. The first-order valence-corrected chi connectivity index (χ1v) is 10.0. The Hall–Kier alpha value is -2.41. The summed E-state index contributed by atoms with van der Waals surface area (Å²) < 4.78 is 11.9. The van der Waals surface area contributed by atoms with Crippen molar-refractivity contribution in [1.29, 1.82) is 0 Å². The van der Waals surface area contributed by atoms with Crippen LogP contribution in [0.5, 0.6) is 11.5 Å². The van der Waals surface area contributed by atoms with Gasteiger partial charge < -0.3 is 24.2 Å². The molecule has 0 saturated carbocycles. The highest BCUT2D eigenvalue weighted by Gasteiger charge is 2.41. The molecule has 1 atom stereocenters. The zero-order valence-corrected chi connectivity index (χ0v) is 17.0. The molecule has 6 nitrogen and oxygen atoms in total. The molecule has 154 valence electrons. The summed E-state index contributed by atoms with van der Waals surface area (Å²) >= 11 is 0. The van der Waals surface area contributed by atoms with Gasteiger partial charge in [-0.2, -0.15) is 0 Å². The fourth-order valence-electron chi connectivity index (χ4n) is 4.61. The Balaban J connectivity index is 1.67. The molecule has 2 aliphatic heterocycles. The summed E-state index contributed by atoms with van der Waals surface area (Å²) in [7, 11) is 4.27. The van der Waals surface area contributed by atoms with Gasteiger partial charge in [0, 0.05) is 24.0 Å². The molecule has 6 heteroatoms. The van der Waals surface area contributed by atoms with Crippen molar-refractivity contribution in [2.24, 2.45) is 0 Å². The van der Waals surface area contributed by atoms with Gasteiger partial charge in [0.2, 0.25) is 6.79 Å². The second kappa shape index (κ2) is 7.78. The lowest BCUT2D eigenvalue weighted by Crippen LogP contribution is -2.49. The van der Waals surface area contributed by atoms with Crippen molar-refractivity contribution in [3.8, 4) is 11.5 Å². The van der Waals surface area contributed by atoms with Gasteiger partial charge in [-0.05, 0) is 22.8 Å². The van der Waals surface area contributed by atoms with Crippen molar-refractivity contribution in [2.75, 3.05) is 27.4 Å². The summed E-state index contributed by atoms with van der Waals surface area (Å²) in [6.45, 7) is 0.843. The van der Waals surface area contributed by atoms with Gasteiger partial charge in [-0.1, -0.05) is 24.3 Å². The molecular weight excluding hydrogens is 370 g/mol. The van der Waals surface area contributed by atoms with E-state index in [1.165, 1.54) is 0 Å². The van der Waals surface area contributed by atoms with Crippen LogP contribution in [0.1, 0.15) is 40.3 Å². The highest BCUT2D eigenvalue weighted by atomic mass is 16.7. The van der Waals surface area contributed by atoms with Gasteiger partial charge in [-0.3, -0.25) is 4.79 Å². The zero-order valence-electron chi connectivity index (χ0n) is 17.0. The van der Waals surface area contributed by atoms with Crippen molar-refractivity contribution in [2.45, 2.75) is 38.5 Å². The van der Waals surface area contributed by atoms with E-state index in [-0.39, 0.29) is 31.8 Å². The van der Waals surface area contributed by atoms with Crippen LogP contribution in [-0.4, -0.2) is 47.9 Å². The predicted molar refractivity (Wildman–Crippen MR) is 108 cm³/mol. The number of aliphatic hydroxyl groups excluding tert-OH is 2. The van der Waals surface area contributed by atoms with Crippen LogP contribution in [0.4, 0.5) is 0 Å². The number of carbonyl (C=O) groups is 1. The fraction of sp³-hybridized carbons (Fsp3) is 0.435. The van der Waals surface area contributed by atoms with Gasteiger partial charge in [0.1, 0.15) is 11.8 Å². The minimum atomic E-state index is -0.146. The van der Waals surface area contributed by atoms with Crippen molar-refractivity contribution in [3.05, 3.63) is 58.1 Å². The third kappa shape index (κ3) is 3.64. The molecule has 2 heterocycles. The molecule has 0 aromatic heterocycles. The first-order chi connectivity index (χ1) is 13.9. The average Bonchev–Trinajstić information content (AvgIpc) is 3.17. The summed E-state index contributed by atoms with van der Waals surface area (Å²) in [5, 5.41) is 19.7. The molecule has 2 aliphatic rings. The predicted octanol–water partition coefficient (Wildman–Crippen LogP) is 2.28. The standard InChI is InChI=1S/C23H28NO5/c1-24(2)8-7-16-10-21-23(29-14-28-21)19(13-26)22(16)20(24)11-18(27)9-15-5-3-4-6-17(15)12-25/h3-6,10,20,25-26H,7-9,11-14H2,1-2H3/q+1. The number of likely N-dealkylation sites (N-methyl/N-ethyl adjacent to an activating group) is 1. The third-order valence-corrected chi connectivity index (χ3v) is 6.28. The Labute approximate surface area is 170 Å². The van der Waals surface area contributed by atoms with Gasteiger partial charge in [-0.15, -0.1) is 0 Å². The molecule has 1 unspecified atom stereocenters. The highest BCUT2D eigenvalue weighted by Crippen LogP contribution is 2.47. The number of nitrogens with zero attached hydrogens (tertiary/aromatic N) is 1. The molecule has 2 aromatic carbocycles. The largest absolute Gasteiger partial charge is 0.454 e. The van der Waals surface area contributed by atoms with Crippen molar-refractivity contribution >= 4 is 5.78 Å². The first-order valence-electron chi connectivity index (χ1n) is 10.0. The maximum atomic E-state index is 13.1. The van der Waals surface area contributed by atoms with E-state index in [4.69, 9.17) is 9.47 Å². The number of Topliss-reactive ketones (excluding diaryl/α,β-unsaturated/α-hetero) is 1. The molecule has 0 spiro atoms. The van der Waals surface area contributed by atoms with E-state index in [9.17, 15) is 15.0 Å². The minimum Gasteiger partial charge on any atom is -0.454 e. The average molecular weight is 398 g/mol. The van der Waals surface area contributed by atoms with E-state index in [0.717, 1.165) is 40.8 Å². The van der Waals surface area contributed by atoms with Gasteiger partial charge in [0.15, 0.2) is 11.5 Å². The monoisotopic (exact) mass is 398 g/mol. The quantitative estimate of drug-likeness (QED) is 0.730. The maximum absolute atomic E-state index is 13.1. The topological polar surface area (TPSA) is 76.0 Å². The number of fused-ring (bicyclic) bond motifs is 2. The molecule has 0 saturated heterocycles. The SMILES string of the molecule is C[N+]1(C)CCc2cc3c(c(CO)c2C1CC(=O)Cc1ccccc1CO)OCO3. The number of rotatable bonds is 6. The maximum Gasteiger partial charge on any atom is 0.231 e. The van der Waals surface area contributed by atoms with E-state index in [0.29, 0.717) is 28.8 Å². The van der Waals surface area contributed by atoms with Crippen LogP contribution in [0, 0.1) is 0 Å². The smallest absolute Gasteiger partial charge is 0.231 e. The normalized spacial score (nSPS) is 19.1. The number of ketones is 1. The van der Waals surface area contributed by atoms with Crippen molar-refractivity contribution in [3.63, 3.8) is 0 Å². The Kier molecular flexibility index (Phi) is 5.34. The Morgan fingerprint density at radius 1 is 1.14 bits per heavy atom. The minimum absolute atomic E-state index is 0.0656. The number of aliphatic hydroxyl groups is 2. The van der Waals surface area contributed by atoms with Crippen molar-refractivity contribution in [1.82, 2.24) is 0 Å². The van der Waals surface area contributed by atoms with E-state index in [2.05, 4.69) is 14.1 Å². The lowest BCUT2D eigenvalue weighted by Gasteiger charge is -2.43.